The van der Waals surface area contributed by atoms with Crippen LogP contribution in [0.4, 0.5) is 0 Å². The number of amides is 2. The lowest BCUT2D eigenvalue weighted by molar-refractivity contribution is -0.0715. The van der Waals surface area contributed by atoms with Crippen LogP contribution in [0.2, 0.25) is 0 Å². The van der Waals surface area contributed by atoms with Crippen LogP contribution in [0.25, 0.3) is 0 Å². The second kappa shape index (κ2) is 7.35. The Kier molecular flexibility index (Phi) is 4.62. The molecule has 1 aliphatic heterocycles. The Morgan fingerprint density at radius 2 is 1.94 bits per heavy atom. The van der Waals surface area contributed by atoms with Crippen LogP contribution in [0, 0.1) is 0 Å². The molecule has 1 saturated heterocycles. The van der Waals surface area contributed by atoms with Crippen molar-refractivity contribution >= 4 is 11.8 Å². The van der Waals surface area contributed by atoms with Crippen LogP contribution in [0.3, 0.4) is 0 Å². The molecule has 9 nitrogen and oxygen atoms in total. The third kappa shape index (κ3) is 3.40. The van der Waals surface area contributed by atoms with Crippen molar-refractivity contribution in [1.82, 2.24) is 25.0 Å². The Balaban J connectivity index is 1.29. The molecule has 1 aromatic carbocycles. The molecule has 1 aliphatic carbocycles. The summed E-state index contributed by atoms with van der Waals surface area (Å²) in [5.74, 6) is 0.513. The van der Waals surface area contributed by atoms with Crippen LogP contribution in [-0.4, -0.2) is 62.8 Å². The van der Waals surface area contributed by atoms with Crippen molar-refractivity contribution in [2.24, 2.45) is 0 Å². The molecule has 9 heteroatoms. The molecule has 1 N–H and O–H groups in total. The van der Waals surface area contributed by atoms with Crippen LogP contribution in [-0.2, 0) is 11.3 Å². The molecule has 0 atom stereocenters. The van der Waals surface area contributed by atoms with Crippen LogP contribution in [0.15, 0.2) is 59.5 Å². The minimum absolute atomic E-state index is 0.163. The summed E-state index contributed by atoms with van der Waals surface area (Å²) in [5.41, 5.74) is -0.460. The van der Waals surface area contributed by atoms with Gasteiger partial charge in [-0.05, 0) is 37.1 Å². The van der Waals surface area contributed by atoms with Gasteiger partial charge in [0.15, 0.2) is 5.76 Å². The highest BCUT2D eigenvalue weighted by Gasteiger charge is 2.66. The molecule has 2 amide bonds. The summed E-state index contributed by atoms with van der Waals surface area (Å²) in [6, 6.07) is 12.5. The number of carbonyl (C=O) groups is 2. The lowest BCUT2D eigenvalue weighted by Gasteiger charge is -2.54. The number of nitrogens with zero attached hydrogens (tertiary/aromatic N) is 4. The maximum Gasteiger partial charge on any atom is 0.289 e. The van der Waals surface area contributed by atoms with E-state index in [9.17, 15) is 9.59 Å². The molecule has 0 bridgehead atoms. The summed E-state index contributed by atoms with van der Waals surface area (Å²) < 4.78 is 13.1. The third-order valence-corrected chi connectivity index (χ3v) is 6.22. The van der Waals surface area contributed by atoms with Crippen molar-refractivity contribution in [3.63, 3.8) is 0 Å². The SMILES string of the molecule is COC1(C2(NC(=O)c3ccccc3)CN(C(=O)c3ccc(Cn4cncn4)o3)C2)CC1. The smallest absolute Gasteiger partial charge is 0.289 e. The molecule has 160 valence electrons. The van der Waals surface area contributed by atoms with Crippen LogP contribution >= 0.6 is 0 Å². The fraction of sp³-hybridized carbons (Fsp3) is 0.364. The summed E-state index contributed by atoms with van der Waals surface area (Å²) in [6.07, 6.45) is 4.73. The summed E-state index contributed by atoms with van der Waals surface area (Å²) in [6.45, 7) is 1.14. The van der Waals surface area contributed by atoms with E-state index < -0.39 is 11.1 Å². The fourth-order valence-corrected chi connectivity index (χ4v) is 4.31. The molecule has 2 aliphatic rings. The van der Waals surface area contributed by atoms with Crippen LogP contribution in [0.5, 0.6) is 0 Å². The number of nitrogens with one attached hydrogen (secondary N) is 1. The number of ether oxygens (including phenoxy) is 1. The quantitative estimate of drug-likeness (QED) is 0.623. The highest BCUT2D eigenvalue weighted by molar-refractivity contribution is 5.96. The Hall–Kier alpha value is -3.46. The maximum atomic E-state index is 13.0. The van der Waals surface area contributed by atoms with Crippen molar-refractivity contribution in [2.75, 3.05) is 20.2 Å². The minimum Gasteiger partial charge on any atom is -0.454 e. The molecule has 3 heterocycles. The van der Waals surface area contributed by atoms with E-state index >= 15 is 0 Å². The first kappa shape index (κ1) is 19.5. The van der Waals surface area contributed by atoms with Crippen molar-refractivity contribution in [2.45, 2.75) is 30.5 Å². The number of hydrogen-bond donors (Lipinski definition) is 1. The van der Waals surface area contributed by atoms with Gasteiger partial charge in [0.05, 0.1) is 5.60 Å². The van der Waals surface area contributed by atoms with Gasteiger partial charge in [0, 0.05) is 25.8 Å². The molecule has 0 unspecified atom stereocenters. The van der Waals surface area contributed by atoms with E-state index in [1.807, 2.05) is 18.2 Å². The van der Waals surface area contributed by atoms with Gasteiger partial charge < -0.3 is 19.4 Å². The first-order valence-electron chi connectivity index (χ1n) is 10.2. The Bertz CT molecular complexity index is 1080. The number of hydrogen-bond acceptors (Lipinski definition) is 6. The molecule has 1 saturated carbocycles. The topological polar surface area (TPSA) is 102 Å². The Labute approximate surface area is 179 Å². The van der Waals surface area contributed by atoms with Gasteiger partial charge in [-0.1, -0.05) is 18.2 Å². The molecular weight excluding hydrogens is 398 g/mol. The van der Waals surface area contributed by atoms with Crippen LogP contribution < -0.4 is 5.32 Å². The molecule has 0 radical (unpaired) electrons. The van der Waals surface area contributed by atoms with E-state index in [1.165, 1.54) is 6.33 Å². The minimum atomic E-state index is -0.611. The lowest BCUT2D eigenvalue weighted by atomic mass is 9.80. The fourth-order valence-electron chi connectivity index (χ4n) is 4.31. The van der Waals surface area contributed by atoms with Gasteiger partial charge in [0.1, 0.15) is 30.5 Å². The predicted octanol–water partition coefficient (Wildman–Crippen LogP) is 1.72. The molecular formula is C22H23N5O4. The molecule has 2 fully saturated rings. The summed E-state index contributed by atoms with van der Waals surface area (Å²) >= 11 is 0. The highest BCUT2D eigenvalue weighted by Crippen LogP contribution is 2.52. The van der Waals surface area contributed by atoms with E-state index in [-0.39, 0.29) is 17.6 Å². The number of methoxy groups -OCH3 is 1. The summed E-state index contributed by atoms with van der Waals surface area (Å²) in [4.78, 5) is 31.4. The Morgan fingerprint density at radius 1 is 1.16 bits per heavy atom. The normalized spacial score (nSPS) is 18.3. The molecule has 31 heavy (non-hydrogen) atoms. The number of likely N-dealkylation sites (tertiary alicyclic amines) is 1. The van der Waals surface area contributed by atoms with Gasteiger partial charge in [0.2, 0.25) is 0 Å². The zero-order valence-corrected chi connectivity index (χ0v) is 17.2. The number of furan rings is 1. The van der Waals surface area contributed by atoms with Crippen molar-refractivity contribution < 1.29 is 18.7 Å². The average Bonchev–Trinajstić information content (AvgIpc) is 3.16. The van der Waals surface area contributed by atoms with Gasteiger partial charge in [0.25, 0.3) is 11.8 Å². The van der Waals surface area contributed by atoms with Gasteiger partial charge >= 0.3 is 0 Å². The number of aromatic nitrogens is 3. The zero-order chi connectivity index (χ0) is 21.5. The summed E-state index contributed by atoms with van der Waals surface area (Å²) in [5, 5.41) is 7.20. The van der Waals surface area contributed by atoms with E-state index in [4.69, 9.17) is 9.15 Å². The van der Waals surface area contributed by atoms with Crippen LogP contribution in [0.1, 0.15) is 39.5 Å². The van der Waals surface area contributed by atoms with E-state index in [0.717, 1.165) is 12.8 Å². The van der Waals surface area contributed by atoms with Crippen molar-refractivity contribution in [1.29, 1.82) is 0 Å². The molecule has 2 aromatic heterocycles. The predicted molar refractivity (Wildman–Crippen MR) is 109 cm³/mol. The van der Waals surface area contributed by atoms with E-state index in [0.29, 0.717) is 31.0 Å². The lowest BCUT2D eigenvalue weighted by Crippen LogP contribution is -2.77. The van der Waals surface area contributed by atoms with Gasteiger partial charge in [-0.15, -0.1) is 0 Å². The average molecular weight is 421 g/mol. The zero-order valence-electron chi connectivity index (χ0n) is 17.2. The third-order valence-electron chi connectivity index (χ3n) is 6.22. The first-order chi connectivity index (χ1) is 15.0. The highest BCUT2D eigenvalue weighted by atomic mass is 16.5. The molecule has 3 aromatic rings. The van der Waals surface area contributed by atoms with Crippen molar-refractivity contribution in [3.8, 4) is 0 Å². The van der Waals surface area contributed by atoms with Gasteiger partial charge in [-0.25, -0.2) is 9.67 Å². The van der Waals surface area contributed by atoms with Gasteiger partial charge in [-0.3, -0.25) is 9.59 Å². The number of benzene rings is 1. The largest absolute Gasteiger partial charge is 0.454 e. The van der Waals surface area contributed by atoms with Crippen molar-refractivity contribution in [3.05, 3.63) is 72.2 Å². The molecule has 0 spiro atoms. The second-order valence-electron chi connectivity index (χ2n) is 8.12. The van der Waals surface area contributed by atoms with E-state index in [1.54, 1.807) is 47.3 Å². The monoisotopic (exact) mass is 421 g/mol. The number of carbonyl (C=O) groups excluding carboxylic acids is 2. The molecule has 5 rings (SSSR count). The Morgan fingerprint density at radius 3 is 2.58 bits per heavy atom. The first-order valence-corrected chi connectivity index (χ1v) is 10.2. The summed E-state index contributed by atoms with van der Waals surface area (Å²) in [7, 11) is 1.66. The number of rotatable bonds is 7. The van der Waals surface area contributed by atoms with Gasteiger partial charge in [-0.2, -0.15) is 5.10 Å². The second-order valence-corrected chi connectivity index (χ2v) is 8.12. The maximum absolute atomic E-state index is 13.0. The standard InChI is InChI=1S/C22H23N5O4/c1-30-22(9-10-22)21(25-19(28)16-5-3-2-4-6-16)12-26(13-21)20(29)18-8-7-17(31-18)11-27-15-23-14-24-27/h2-8,14-15H,9-13H2,1H3,(H,25,28). The van der Waals surface area contributed by atoms with E-state index in [2.05, 4.69) is 15.4 Å².